The molecule has 0 amide bonds. The van der Waals surface area contributed by atoms with Gasteiger partial charge in [-0.1, -0.05) is 0 Å². The standard InChI is InChI=1S/C8H8BrN3/c1-5-3-7-10-4-11-12(7)6(2)8(5)9/h3-4H,1-2H3. The van der Waals surface area contributed by atoms with Crippen LogP contribution < -0.4 is 0 Å². The van der Waals surface area contributed by atoms with Crippen LogP contribution in [0.25, 0.3) is 5.65 Å². The maximum Gasteiger partial charge on any atom is 0.155 e. The van der Waals surface area contributed by atoms with Crippen molar-refractivity contribution in [3.8, 4) is 0 Å². The molecule has 2 rings (SSSR count). The lowest BCUT2D eigenvalue weighted by molar-refractivity contribution is 0.903. The zero-order chi connectivity index (χ0) is 8.72. The van der Waals surface area contributed by atoms with Crippen LogP contribution in [0.3, 0.4) is 0 Å². The van der Waals surface area contributed by atoms with Crippen molar-refractivity contribution in [2.24, 2.45) is 0 Å². The van der Waals surface area contributed by atoms with Gasteiger partial charge in [-0.25, -0.2) is 9.50 Å². The third-order valence-corrected chi connectivity index (χ3v) is 3.10. The first-order chi connectivity index (χ1) is 5.70. The van der Waals surface area contributed by atoms with Crippen molar-refractivity contribution in [1.29, 1.82) is 0 Å². The summed E-state index contributed by atoms with van der Waals surface area (Å²) in [5.41, 5.74) is 3.17. The lowest BCUT2D eigenvalue weighted by Crippen LogP contribution is -1.96. The van der Waals surface area contributed by atoms with Crippen LogP contribution in [-0.2, 0) is 0 Å². The van der Waals surface area contributed by atoms with Gasteiger partial charge in [0, 0.05) is 4.47 Å². The Labute approximate surface area is 78.6 Å². The van der Waals surface area contributed by atoms with Crippen LogP contribution in [0.15, 0.2) is 16.9 Å². The topological polar surface area (TPSA) is 30.2 Å². The summed E-state index contributed by atoms with van der Waals surface area (Å²) >= 11 is 3.50. The lowest BCUT2D eigenvalue weighted by Gasteiger charge is -2.03. The Morgan fingerprint density at radius 2 is 2.17 bits per heavy atom. The molecule has 12 heavy (non-hydrogen) atoms. The van der Waals surface area contributed by atoms with Crippen LogP contribution in [0, 0.1) is 13.8 Å². The van der Waals surface area contributed by atoms with Gasteiger partial charge in [0.1, 0.15) is 6.33 Å². The molecule has 62 valence electrons. The smallest absolute Gasteiger partial charge is 0.155 e. The molecule has 0 aliphatic carbocycles. The van der Waals surface area contributed by atoms with Crippen molar-refractivity contribution in [2.45, 2.75) is 13.8 Å². The predicted octanol–water partition coefficient (Wildman–Crippen LogP) is 2.11. The van der Waals surface area contributed by atoms with E-state index in [4.69, 9.17) is 0 Å². The van der Waals surface area contributed by atoms with Crippen molar-refractivity contribution in [3.63, 3.8) is 0 Å². The van der Waals surface area contributed by atoms with Gasteiger partial charge in [0.05, 0.1) is 5.69 Å². The number of halogens is 1. The maximum absolute atomic E-state index is 4.11. The summed E-state index contributed by atoms with van der Waals surface area (Å²) in [4.78, 5) is 4.11. The zero-order valence-electron chi connectivity index (χ0n) is 6.87. The number of nitrogens with zero attached hydrogens (tertiary/aromatic N) is 3. The fourth-order valence-corrected chi connectivity index (χ4v) is 1.53. The van der Waals surface area contributed by atoms with Gasteiger partial charge in [-0.2, -0.15) is 5.10 Å². The molecule has 0 bridgehead atoms. The number of aryl methyl sites for hydroxylation is 2. The summed E-state index contributed by atoms with van der Waals surface area (Å²) < 4.78 is 2.91. The van der Waals surface area contributed by atoms with Gasteiger partial charge in [-0.3, -0.25) is 0 Å². The van der Waals surface area contributed by atoms with E-state index in [0.29, 0.717) is 0 Å². The molecule has 2 aromatic heterocycles. The zero-order valence-corrected chi connectivity index (χ0v) is 8.46. The van der Waals surface area contributed by atoms with Gasteiger partial charge in [-0.05, 0) is 41.4 Å². The second-order valence-corrected chi connectivity index (χ2v) is 3.55. The summed E-state index contributed by atoms with van der Waals surface area (Å²) in [5.74, 6) is 0. The average Bonchev–Trinajstić information content (AvgIpc) is 2.48. The van der Waals surface area contributed by atoms with E-state index in [-0.39, 0.29) is 0 Å². The molecular weight excluding hydrogens is 218 g/mol. The van der Waals surface area contributed by atoms with Crippen LogP contribution in [0.5, 0.6) is 0 Å². The summed E-state index contributed by atoms with van der Waals surface area (Å²) in [6.45, 7) is 4.06. The lowest BCUT2D eigenvalue weighted by atomic mass is 10.2. The van der Waals surface area contributed by atoms with Gasteiger partial charge in [0.15, 0.2) is 5.65 Å². The Hall–Kier alpha value is -0.900. The summed E-state index contributed by atoms with van der Waals surface area (Å²) in [5, 5.41) is 4.10. The molecule has 0 saturated carbocycles. The third kappa shape index (κ3) is 0.948. The highest BCUT2D eigenvalue weighted by Gasteiger charge is 2.05. The highest BCUT2D eigenvalue weighted by molar-refractivity contribution is 9.10. The van der Waals surface area contributed by atoms with Crippen molar-refractivity contribution < 1.29 is 0 Å². The van der Waals surface area contributed by atoms with Crippen molar-refractivity contribution in [1.82, 2.24) is 14.6 Å². The van der Waals surface area contributed by atoms with E-state index in [9.17, 15) is 0 Å². The summed E-state index contributed by atoms with van der Waals surface area (Å²) in [6.07, 6.45) is 1.56. The molecular formula is C8H8BrN3. The number of rotatable bonds is 0. The molecule has 2 aromatic rings. The highest BCUT2D eigenvalue weighted by Crippen LogP contribution is 2.21. The molecule has 0 fully saturated rings. The van der Waals surface area contributed by atoms with Crippen LogP contribution in [0.2, 0.25) is 0 Å². The fraction of sp³-hybridized carbons (Fsp3) is 0.250. The van der Waals surface area contributed by atoms with E-state index < -0.39 is 0 Å². The normalized spacial score (nSPS) is 10.9. The third-order valence-electron chi connectivity index (χ3n) is 1.90. The van der Waals surface area contributed by atoms with Gasteiger partial charge >= 0.3 is 0 Å². The minimum atomic E-state index is 0.896. The number of pyridine rings is 1. The Kier molecular flexibility index (Phi) is 1.65. The fourth-order valence-electron chi connectivity index (χ4n) is 1.24. The van der Waals surface area contributed by atoms with Gasteiger partial charge < -0.3 is 0 Å². The predicted molar refractivity (Wildman–Crippen MR) is 50.2 cm³/mol. The monoisotopic (exact) mass is 225 g/mol. The average molecular weight is 226 g/mol. The summed E-state index contributed by atoms with van der Waals surface area (Å²) in [6, 6.07) is 2.00. The van der Waals surface area contributed by atoms with E-state index in [0.717, 1.165) is 15.8 Å². The molecule has 0 radical (unpaired) electrons. The van der Waals surface area contributed by atoms with Crippen LogP contribution in [0.4, 0.5) is 0 Å². The molecule has 0 aliphatic rings. The minimum Gasteiger partial charge on any atom is -0.217 e. The van der Waals surface area contributed by atoms with E-state index in [1.165, 1.54) is 5.56 Å². The highest BCUT2D eigenvalue weighted by atomic mass is 79.9. The molecule has 0 spiro atoms. The second-order valence-electron chi connectivity index (χ2n) is 2.76. The van der Waals surface area contributed by atoms with Gasteiger partial charge in [-0.15, -0.1) is 0 Å². The number of fused-ring (bicyclic) bond motifs is 1. The van der Waals surface area contributed by atoms with Gasteiger partial charge in [0.2, 0.25) is 0 Å². The van der Waals surface area contributed by atoms with E-state index in [1.807, 2.05) is 24.4 Å². The van der Waals surface area contributed by atoms with Crippen molar-refractivity contribution >= 4 is 21.6 Å². The first-order valence-corrected chi connectivity index (χ1v) is 4.45. The largest absolute Gasteiger partial charge is 0.217 e. The van der Waals surface area contributed by atoms with Crippen LogP contribution >= 0.6 is 15.9 Å². The molecule has 0 atom stereocenters. The molecule has 0 saturated heterocycles. The molecule has 4 heteroatoms. The maximum atomic E-state index is 4.11. The number of hydrogen-bond donors (Lipinski definition) is 0. The van der Waals surface area contributed by atoms with Gasteiger partial charge in [0.25, 0.3) is 0 Å². The van der Waals surface area contributed by atoms with Crippen LogP contribution in [-0.4, -0.2) is 14.6 Å². The SMILES string of the molecule is Cc1cc2ncnn2c(C)c1Br. The quantitative estimate of drug-likeness (QED) is 0.688. The molecule has 2 heterocycles. The van der Waals surface area contributed by atoms with E-state index in [2.05, 4.69) is 26.0 Å². The van der Waals surface area contributed by atoms with Crippen molar-refractivity contribution in [3.05, 3.63) is 28.1 Å². The first kappa shape index (κ1) is 7.73. The molecule has 3 nitrogen and oxygen atoms in total. The Balaban J connectivity index is 2.94. The van der Waals surface area contributed by atoms with E-state index in [1.54, 1.807) is 6.33 Å². The summed E-state index contributed by atoms with van der Waals surface area (Å²) in [7, 11) is 0. The van der Waals surface area contributed by atoms with E-state index >= 15 is 0 Å². The molecule has 0 N–H and O–H groups in total. The van der Waals surface area contributed by atoms with Crippen LogP contribution in [0.1, 0.15) is 11.3 Å². The van der Waals surface area contributed by atoms with Crippen molar-refractivity contribution in [2.75, 3.05) is 0 Å². The number of hydrogen-bond acceptors (Lipinski definition) is 2. The molecule has 0 aromatic carbocycles. The Morgan fingerprint density at radius 3 is 2.92 bits per heavy atom. The number of aromatic nitrogens is 3. The molecule has 0 aliphatic heterocycles. The second kappa shape index (κ2) is 2.55. The Morgan fingerprint density at radius 1 is 1.42 bits per heavy atom. The Bertz CT molecular complexity index is 433. The molecule has 0 unspecified atom stereocenters. The first-order valence-electron chi connectivity index (χ1n) is 3.65. The minimum absolute atomic E-state index is 0.896.